The van der Waals surface area contributed by atoms with Crippen LogP contribution in [-0.4, -0.2) is 18.2 Å². The van der Waals surface area contributed by atoms with E-state index in [1.54, 1.807) is 0 Å². The molecule has 0 radical (unpaired) electrons. The molecule has 2 rings (SSSR count). The van der Waals surface area contributed by atoms with Crippen LogP contribution in [0.1, 0.15) is 44.9 Å². The van der Waals surface area contributed by atoms with Crippen molar-refractivity contribution in [1.82, 2.24) is 5.06 Å². The Morgan fingerprint density at radius 3 is 1.92 bits per heavy atom. The lowest BCUT2D eigenvalue weighted by atomic mass is 9.76. The van der Waals surface area contributed by atoms with Gasteiger partial charge in [-0.15, -0.1) is 0 Å². The van der Waals surface area contributed by atoms with Crippen LogP contribution in [0.3, 0.4) is 0 Å². The van der Waals surface area contributed by atoms with Crippen molar-refractivity contribution >= 4 is 0 Å². The molecular weight excluding hydrogens is 162 g/mol. The highest BCUT2D eigenvalue weighted by Crippen LogP contribution is 2.35. The molecule has 1 saturated carbocycles. The number of piperidine rings is 1. The summed E-state index contributed by atoms with van der Waals surface area (Å²) in [7, 11) is 0. The highest BCUT2D eigenvalue weighted by atomic mass is 16.5. The SMILES string of the molecule is [O-]N1CCC(C2CCCCC2)CC1. The summed E-state index contributed by atoms with van der Waals surface area (Å²) in [4.78, 5) is 0. The topological polar surface area (TPSA) is 26.3 Å². The molecule has 0 unspecified atom stereocenters. The fourth-order valence-electron chi connectivity index (χ4n) is 2.95. The van der Waals surface area contributed by atoms with Crippen LogP contribution in [0.25, 0.3) is 0 Å². The Labute approximate surface area is 80.9 Å². The fourth-order valence-corrected chi connectivity index (χ4v) is 2.95. The van der Waals surface area contributed by atoms with Gasteiger partial charge in [0, 0.05) is 0 Å². The minimum absolute atomic E-state index is 0.793. The summed E-state index contributed by atoms with van der Waals surface area (Å²) in [5.74, 6) is 1.84. The van der Waals surface area contributed by atoms with Crippen molar-refractivity contribution < 1.29 is 0 Å². The first-order valence-corrected chi connectivity index (χ1v) is 5.78. The van der Waals surface area contributed by atoms with Crippen LogP contribution in [0.15, 0.2) is 0 Å². The van der Waals surface area contributed by atoms with E-state index in [-0.39, 0.29) is 0 Å². The van der Waals surface area contributed by atoms with Gasteiger partial charge in [0.25, 0.3) is 0 Å². The van der Waals surface area contributed by atoms with Gasteiger partial charge in [0.1, 0.15) is 0 Å². The van der Waals surface area contributed by atoms with E-state index in [1.807, 2.05) is 0 Å². The highest BCUT2D eigenvalue weighted by molar-refractivity contribution is 4.79. The molecule has 0 amide bonds. The second kappa shape index (κ2) is 4.43. The van der Waals surface area contributed by atoms with E-state index in [0.29, 0.717) is 0 Å². The van der Waals surface area contributed by atoms with Gasteiger partial charge < -0.3 is 10.3 Å². The van der Waals surface area contributed by atoms with Crippen LogP contribution < -0.4 is 0 Å². The molecule has 76 valence electrons. The van der Waals surface area contributed by atoms with Crippen LogP contribution in [0.2, 0.25) is 0 Å². The first kappa shape index (κ1) is 9.47. The molecule has 0 bridgehead atoms. The molecule has 1 heterocycles. The van der Waals surface area contributed by atoms with Crippen LogP contribution in [0.4, 0.5) is 0 Å². The van der Waals surface area contributed by atoms with E-state index in [1.165, 1.54) is 37.2 Å². The van der Waals surface area contributed by atoms with Gasteiger partial charge in [0.15, 0.2) is 0 Å². The summed E-state index contributed by atoms with van der Waals surface area (Å²) in [6.07, 6.45) is 9.50. The van der Waals surface area contributed by atoms with E-state index in [0.717, 1.165) is 37.8 Å². The minimum Gasteiger partial charge on any atom is -0.785 e. The lowest BCUT2D eigenvalue weighted by Gasteiger charge is -2.40. The molecule has 0 N–H and O–H groups in total. The number of nitrogens with zero attached hydrogens (tertiary/aromatic N) is 1. The molecule has 2 heteroatoms. The maximum Gasteiger partial charge on any atom is -0.0142 e. The van der Waals surface area contributed by atoms with Crippen molar-refractivity contribution in [3.63, 3.8) is 0 Å². The number of hydrogen-bond donors (Lipinski definition) is 0. The molecule has 2 nitrogen and oxygen atoms in total. The standard InChI is InChI=1S/C11H20NO/c13-12-8-6-11(7-9-12)10-4-2-1-3-5-10/h10-11H,1-9H2/q-1. The van der Waals surface area contributed by atoms with Crippen LogP contribution in [0.5, 0.6) is 0 Å². The minimum atomic E-state index is 0.793. The maximum absolute atomic E-state index is 11.0. The second-order valence-electron chi connectivity index (χ2n) is 4.66. The smallest absolute Gasteiger partial charge is 0.0142 e. The zero-order valence-corrected chi connectivity index (χ0v) is 8.37. The van der Waals surface area contributed by atoms with Crippen molar-refractivity contribution in [1.29, 1.82) is 0 Å². The molecule has 0 atom stereocenters. The molecular formula is C11H20NO-. The van der Waals surface area contributed by atoms with E-state index >= 15 is 0 Å². The summed E-state index contributed by atoms with van der Waals surface area (Å²) in [6.45, 7) is 1.59. The Balaban J connectivity index is 1.79. The molecule has 1 aliphatic heterocycles. The van der Waals surface area contributed by atoms with Crippen molar-refractivity contribution in [2.24, 2.45) is 11.8 Å². The first-order valence-electron chi connectivity index (χ1n) is 5.78. The molecule has 1 aliphatic carbocycles. The van der Waals surface area contributed by atoms with Crippen molar-refractivity contribution in [3.8, 4) is 0 Å². The quantitative estimate of drug-likeness (QED) is 0.623. The van der Waals surface area contributed by atoms with E-state index in [4.69, 9.17) is 0 Å². The fraction of sp³-hybridized carbons (Fsp3) is 1.00. The molecule has 0 aromatic heterocycles. The highest BCUT2D eigenvalue weighted by Gasteiger charge is 2.25. The number of rotatable bonds is 1. The van der Waals surface area contributed by atoms with Gasteiger partial charge in [-0.1, -0.05) is 32.1 Å². The molecule has 0 aromatic rings. The third kappa shape index (κ3) is 2.44. The Kier molecular flexibility index (Phi) is 3.23. The summed E-state index contributed by atoms with van der Waals surface area (Å²) in [6, 6.07) is 0. The molecule has 0 aromatic carbocycles. The van der Waals surface area contributed by atoms with Gasteiger partial charge in [0.2, 0.25) is 0 Å². The average Bonchev–Trinajstić information content (AvgIpc) is 2.20. The van der Waals surface area contributed by atoms with Gasteiger partial charge in [-0.25, -0.2) is 0 Å². The Bertz CT molecular complexity index is 146. The van der Waals surface area contributed by atoms with Crippen LogP contribution >= 0.6 is 0 Å². The van der Waals surface area contributed by atoms with Gasteiger partial charge in [0.05, 0.1) is 0 Å². The van der Waals surface area contributed by atoms with Crippen LogP contribution in [0, 0.1) is 17.0 Å². The zero-order chi connectivity index (χ0) is 9.10. The zero-order valence-electron chi connectivity index (χ0n) is 8.37. The van der Waals surface area contributed by atoms with Crippen molar-refractivity contribution in [2.75, 3.05) is 13.1 Å². The predicted octanol–water partition coefficient (Wildman–Crippen LogP) is 2.78. The monoisotopic (exact) mass is 182 g/mol. The molecule has 1 saturated heterocycles. The molecule has 0 spiro atoms. The summed E-state index contributed by atoms with van der Waals surface area (Å²) in [5, 5.41) is 12.2. The Hall–Kier alpha value is -0.0800. The maximum atomic E-state index is 11.0. The van der Waals surface area contributed by atoms with Gasteiger partial charge in [-0.05, 0) is 37.8 Å². The molecule has 13 heavy (non-hydrogen) atoms. The third-order valence-electron chi connectivity index (χ3n) is 3.82. The first-order chi connectivity index (χ1) is 6.36. The second-order valence-corrected chi connectivity index (χ2v) is 4.66. The van der Waals surface area contributed by atoms with Crippen molar-refractivity contribution in [2.45, 2.75) is 44.9 Å². The molecule has 2 aliphatic rings. The average molecular weight is 182 g/mol. The van der Waals surface area contributed by atoms with E-state index in [2.05, 4.69) is 0 Å². The summed E-state index contributed by atoms with van der Waals surface area (Å²) < 4.78 is 0. The van der Waals surface area contributed by atoms with Gasteiger partial charge >= 0.3 is 0 Å². The normalized spacial score (nSPS) is 29.3. The lowest BCUT2D eigenvalue weighted by Crippen LogP contribution is -2.32. The number of hydroxylamine groups is 2. The summed E-state index contributed by atoms with van der Waals surface area (Å²) in [5.41, 5.74) is 0. The third-order valence-corrected chi connectivity index (χ3v) is 3.82. The molecule has 2 fully saturated rings. The van der Waals surface area contributed by atoms with Crippen LogP contribution in [-0.2, 0) is 0 Å². The predicted molar refractivity (Wildman–Crippen MR) is 54.2 cm³/mol. The van der Waals surface area contributed by atoms with E-state index < -0.39 is 0 Å². The van der Waals surface area contributed by atoms with Crippen molar-refractivity contribution in [3.05, 3.63) is 5.21 Å². The number of hydrogen-bond acceptors (Lipinski definition) is 2. The Morgan fingerprint density at radius 2 is 1.31 bits per heavy atom. The lowest BCUT2D eigenvalue weighted by molar-refractivity contribution is 0.156. The largest absolute Gasteiger partial charge is 0.785 e. The summed E-state index contributed by atoms with van der Waals surface area (Å²) >= 11 is 0. The van der Waals surface area contributed by atoms with Gasteiger partial charge in [-0.2, -0.15) is 0 Å². The van der Waals surface area contributed by atoms with E-state index in [9.17, 15) is 5.21 Å². The Morgan fingerprint density at radius 1 is 0.769 bits per heavy atom. The van der Waals surface area contributed by atoms with Gasteiger partial charge in [-0.3, -0.25) is 0 Å².